The van der Waals surface area contributed by atoms with Crippen molar-refractivity contribution in [3.63, 3.8) is 0 Å². The summed E-state index contributed by atoms with van der Waals surface area (Å²) >= 11 is 0. The summed E-state index contributed by atoms with van der Waals surface area (Å²) in [6.07, 6.45) is 7.53. The average molecular weight is 227 g/mol. The second-order valence-corrected chi connectivity index (χ2v) is 3.80. The van der Waals surface area contributed by atoms with Gasteiger partial charge in [0.25, 0.3) is 0 Å². The first-order valence-corrected chi connectivity index (χ1v) is 5.92. The molecule has 0 aliphatic rings. The molecule has 0 aliphatic carbocycles. The topological polar surface area (TPSA) is 30.7 Å². The summed E-state index contributed by atoms with van der Waals surface area (Å²) < 4.78 is 2.20. The van der Waals surface area contributed by atoms with Gasteiger partial charge in [-0.15, -0.1) is 0 Å². The van der Waals surface area contributed by atoms with E-state index in [1.165, 1.54) is 27.4 Å². The monoisotopic (exact) mass is 227 g/mol. The van der Waals surface area contributed by atoms with E-state index in [1.807, 2.05) is 44.7 Å². The van der Waals surface area contributed by atoms with Crippen LogP contribution in [0.15, 0.2) is 30.9 Å². The summed E-state index contributed by atoms with van der Waals surface area (Å²) in [5.41, 5.74) is 3.65. The van der Waals surface area contributed by atoms with E-state index in [9.17, 15) is 0 Å². The molecule has 0 saturated heterocycles. The van der Waals surface area contributed by atoms with Crippen molar-refractivity contribution >= 4 is 21.8 Å². The van der Waals surface area contributed by atoms with Gasteiger partial charge in [0, 0.05) is 42.6 Å². The van der Waals surface area contributed by atoms with E-state index in [2.05, 4.69) is 28.5 Å². The van der Waals surface area contributed by atoms with Crippen LogP contribution in [-0.4, -0.2) is 14.5 Å². The lowest BCUT2D eigenvalue weighted by molar-refractivity contribution is 1.00. The zero-order chi connectivity index (χ0) is 12.4. The van der Waals surface area contributed by atoms with Gasteiger partial charge in [0.15, 0.2) is 0 Å². The van der Waals surface area contributed by atoms with Crippen molar-refractivity contribution in [1.82, 2.24) is 14.5 Å². The van der Waals surface area contributed by atoms with Crippen LogP contribution in [0.2, 0.25) is 0 Å². The van der Waals surface area contributed by atoms with Crippen LogP contribution in [-0.2, 0) is 7.05 Å². The molecule has 0 unspecified atom stereocenters. The fourth-order valence-electron chi connectivity index (χ4n) is 2.21. The number of nitrogens with zero attached hydrogens (tertiary/aromatic N) is 3. The lowest BCUT2D eigenvalue weighted by Crippen LogP contribution is -1.89. The Balaban J connectivity index is 0.000000514. The van der Waals surface area contributed by atoms with Crippen LogP contribution >= 0.6 is 0 Å². The van der Waals surface area contributed by atoms with Crippen molar-refractivity contribution < 1.29 is 0 Å². The maximum atomic E-state index is 4.23. The minimum Gasteiger partial charge on any atom is -0.343 e. The summed E-state index contributed by atoms with van der Waals surface area (Å²) in [4.78, 5) is 8.40. The molecule has 0 fully saturated rings. The molecule has 3 aromatic heterocycles. The van der Waals surface area contributed by atoms with Gasteiger partial charge in [-0.1, -0.05) is 13.8 Å². The maximum absolute atomic E-state index is 4.23. The van der Waals surface area contributed by atoms with Crippen molar-refractivity contribution in [2.45, 2.75) is 20.8 Å². The van der Waals surface area contributed by atoms with Gasteiger partial charge in [-0.25, -0.2) is 0 Å². The molecule has 17 heavy (non-hydrogen) atoms. The normalized spacial score (nSPS) is 10.4. The quantitative estimate of drug-likeness (QED) is 0.589. The second kappa shape index (κ2) is 4.53. The Morgan fingerprint density at radius 2 is 1.71 bits per heavy atom. The molecule has 0 aromatic carbocycles. The van der Waals surface area contributed by atoms with Crippen molar-refractivity contribution in [1.29, 1.82) is 0 Å². The first-order valence-electron chi connectivity index (χ1n) is 5.92. The molecule has 3 heterocycles. The van der Waals surface area contributed by atoms with Gasteiger partial charge in [0.05, 0.1) is 11.0 Å². The minimum absolute atomic E-state index is 1.17. The number of fused-ring (bicyclic) bond motifs is 3. The molecule has 0 amide bonds. The molecule has 3 aromatic rings. The summed E-state index contributed by atoms with van der Waals surface area (Å²) in [5, 5.41) is 2.35. The number of aromatic nitrogens is 3. The van der Waals surface area contributed by atoms with Crippen LogP contribution in [0.5, 0.6) is 0 Å². The fourth-order valence-corrected chi connectivity index (χ4v) is 2.21. The number of aryl methyl sites for hydroxylation is 2. The van der Waals surface area contributed by atoms with Crippen molar-refractivity contribution in [3.05, 3.63) is 36.4 Å². The zero-order valence-corrected chi connectivity index (χ0v) is 10.7. The summed E-state index contributed by atoms with van der Waals surface area (Å²) in [6, 6.07) is 2.04. The lowest BCUT2D eigenvalue weighted by atomic mass is 10.2. The molecule has 0 aliphatic heterocycles. The third kappa shape index (κ3) is 1.68. The molecular weight excluding hydrogens is 210 g/mol. The smallest absolute Gasteiger partial charge is 0.0550 e. The molecule has 0 bridgehead atoms. The summed E-state index contributed by atoms with van der Waals surface area (Å²) in [5.74, 6) is 0. The molecule has 3 rings (SSSR count). The van der Waals surface area contributed by atoms with Crippen LogP contribution in [0.4, 0.5) is 0 Å². The molecule has 0 atom stereocenters. The van der Waals surface area contributed by atoms with E-state index in [4.69, 9.17) is 0 Å². The Bertz CT molecular complexity index is 653. The first-order chi connectivity index (χ1) is 8.29. The van der Waals surface area contributed by atoms with Gasteiger partial charge in [-0.2, -0.15) is 0 Å². The van der Waals surface area contributed by atoms with Crippen LogP contribution in [0.25, 0.3) is 21.8 Å². The number of hydrogen-bond donors (Lipinski definition) is 0. The highest BCUT2D eigenvalue weighted by molar-refractivity contribution is 6.08. The molecule has 0 radical (unpaired) electrons. The van der Waals surface area contributed by atoms with Crippen LogP contribution in [0, 0.1) is 6.92 Å². The van der Waals surface area contributed by atoms with Crippen LogP contribution in [0.1, 0.15) is 19.4 Å². The number of hydrogen-bond acceptors (Lipinski definition) is 2. The Morgan fingerprint density at radius 1 is 1.00 bits per heavy atom. The fraction of sp³-hybridized carbons (Fsp3) is 0.286. The van der Waals surface area contributed by atoms with Crippen molar-refractivity contribution in [2.24, 2.45) is 7.05 Å². The predicted molar refractivity (Wildman–Crippen MR) is 72.1 cm³/mol. The van der Waals surface area contributed by atoms with Gasteiger partial charge in [0.1, 0.15) is 0 Å². The van der Waals surface area contributed by atoms with Gasteiger partial charge in [0.2, 0.25) is 0 Å². The second-order valence-electron chi connectivity index (χ2n) is 3.80. The first kappa shape index (κ1) is 11.6. The Kier molecular flexibility index (Phi) is 3.09. The number of pyridine rings is 2. The van der Waals surface area contributed by atoms with E-state index in [-0.39, 0.29) is 0 Å². The number of rotatable bonds is 0. The zero-order valence-electron chi connectivity index (χ0n) is 10.7. The van der Waals surface area contributed by atoms with Gasteiger partial charge < -0.3 is 4.57 Å². The van der Waals surface area contributed by atoms with Gasteiger partial charge >= 0.3 is 0 Å². The highest BCUT2D eigenvalue weighted by Crippen LogP contribution is 2.28. The maximum Gasteiger partial charge on any atom is 0.0550 e. The van der Waals surface area contributed by atoms with E-state index in [0.717, 1.165) is 0 Å². The molecule has 3 nitrogen and oxygen atoms in total. The molecular formula is C14H17N3. The van der Waals surface area contributed by atoms with Crippen LogP contribution < -0.4 is 0 Å². The summed E-state index contributed by atoms with van der Waals surface area (Å²) in [6.45, 7) is 6.08. The van der Waals surface area contributed by atoms with E-state index >= 15 is 0 Å². The van der Waals surface area contributed by atoms with Crippen molar-refractivity contribution in [2.75, 3.05) is 0 Å². The average Bonchev–Trinajstić information content (AvgIpc) is 2.68. The highest BCUT2D eigenvalue weighted by Gasteiger charge is 2.09. The van der Waals surface area contributed by atoms with Crippen molar-refractivity contribution in [3.8, 4) is 0 Å². The largest absolute Gasteiger partial charge is 0.343 e. The van der Waals surface area contributed by atoms with Gasteiger partial charge in [-0.3, -0.25) is 9.97 Å². The lowest BCUT2D eigenvalue weighted by Gasteiger charge is -1.99. The highest BCUT2D eigenvalue weighted by atomic mass is 14.9. The standard InChI is InChI=1S/C12H11N3.C2H6/c1-8-5-14-7-10-9-6-13-4-3-11(9)15(2)12(8)10;1-2/h3-7H,1-2H3;1-2H3. The van der Waals surface area contributed by atoms with Crippen LogP contribution in [0.3, 0.4) is 0 Å². The molecule has 3 heteroatoms. The van der Waals surface area contributed by atoms with Gasteiger partial charge in [-0.05, 0) is 18.6 Å². The predicted octanol–water partition coefficient (Wildman–Crippen LogP) is 3.46. The molecule has 88 valence electrons. The minimum atomic E-state index is 1.17. The summed E-state index contributed by atoms with van der Waals surface area (Å²) in [7, 11) is 2.08. The Hall–Kier alpha value is -1.90. The molecule has 0 spiro atoms. The molecule has 0 saturated carbocycles. The van der Waals surface area contributed by atoms with E-state index in [0.29, 0.717) is 0 Å². The Morgan fingerprint density at radius 3 is 2.47 bits per heavy atom. The van der Waals surface area contributed by atoms with E-state index < -0.39 is 0 Å². The SMILES string of the molecule is CC.Cc1cncc2c3cnccc3n(C)c12. The Labute approximate surface area is 101 Å². The molecule has 0 N–H and O–H groups in total. The third-order valence-electron chi connectivity index (χ3n) is 2.89. The van der Waals surface area contributed by atoms with E-state index in [1.54, 1.807) is 0 Å². The third-order valence-corrected chi connectivity index (χ3v) is 2.89.